The largest absolute Gasteiger partial charge is 0.493 e. The predicted octanol–water partition coefficient (Wildman–Crippen LogP) is 7.10. The van der Waals surface area contributed by atoms with Crippen molar-refractivity contribution in [2.45, 2.75) is 25.4 Å². The molecule has 21 nitrogen and oxygen atoms in total. The second kappa shape index (κ2) is 30.6. The van der Waals surface area contributed by atoms with Crippen LogP contribution in [-0.4, -0.2) is 111 Å². The molecule has 0 saturated heterocycles. The van der Waals surface area contributed by atoms with E-state index < -0.39 is 59.8 Å². The third-order valence-electron chi connectivity index (χ3n) is 9.88. The second-order valence-corrected chi connectivity index (χ2v) is 16.4. The Hall–Kier alpha value is -9.44. The fourth-order valence-corrected chi connectivity index (χ4v) is 6.85. The average molecular weight is 1060 g/mol. The lowest BCUT2D eigenvalue weighted by atomic mass is 10.1. The van der Waals surface area contributed by atoms with Gasteiger partial charge < -0.3 is 47.4 Å². The van der Waals surface area contributed by atoms with E-state index in [1.54, 1.807) is 0 Å². The number of nitrogens with one attached hydrogen (secondary N) is 1. The molecule has 396 valence electrons. The summed E-state index contributed by atoms with van der Waals surface area (Å²) in [6.45, 7) is 12.2. The number of rotatable bonds is 31. The van der Waals surface area contributed by atoms with Gasteiger partial charge in [0.25, 0.3) is 0 Å². The molecule has 0 saturated carbocycles. The number of ether oxygens (including phenoxy) is 10. The summed E-state index contributed by atoms with van der Waals surface area (Å²) in [6.07, 6.45) is 3.99. The van der Waals surface area contributed by atoms with Crippen molar-refractivity contribution in [3.8, 4) is 23.0 Å². The Morgan fingerprint density at radius 3 is 1.75 bits per heavy atom. The number of hydrogen-bond acceptors (Lipinski definition) is 22. The standard InChI is InChI=1S/C54H51N3O18S/c1-5-46(58)66-27-24-50(62)68-26-23-35(32-71-48(60)7-3)31-69-39-17-15-37(16-18-39)53(65)75-44-22-21-41(29-38(44)30-55-57-54-56-43-11-9-10-12-45(43)76-54)74-52(64)36-13-19-40(20-14-36)70-33-42(34-72-49(61)8-4)73-51(63)25-28-67-47(59)6-2/h5-22,29-30,35,42H,1-4,23-28,31-34H2,(H,56,57)/b55-30+. The SMILES string of the molecule is C=CC(=O)OCCC(=O)OCCC(COC(=O)C=C)COc1ccc(C(=O)Oc2ccc(OC(=O)c3ccc(OCC(COC(=O)C=C)OC(=O)CCOC(=O)C=C)cc3)cc2/C=N/Nc2nc3ccccc3s2)cc1. The highest BCUT2D eigenvalue weighted by molar-refractivity contribution is 7.22. The van der Waals surface area contributed by atoms with Crippen LogP contribution in [0.5, 0.6) is 23.0 Å². The van der Waals surface area contributed by atoms with Gasteiger partial charge in [0.1, 0.15) is 49.4 Å². The number of aromatic nitrogens is 1. The molecule has 0 amide bonds. The highest BCUT2D eigenvalue weighted by Gasteiger charge is 2.20. The zero-order valence-corrected chi connectivity index (χ0v) is 41.6. The molecule has 5 rings (SSSR count). The number of para-hydroxylation sites is 1. The highest BCUT2D eigenvalue weighted by Crippen LogP contribution is 2.28. The van der Waals surface area contributed by atoms with Gasteiger partial charge in [-0.15, -0.1) is 0 Å². The summed E-state index contributed by atoms with van der Waals surface area (Å²) in [5.74, 6) is -5.34. The Balaban J connectivity index is 1.22. The molecule has 0 bridgehead atoms. The van der Waals surface area contributed by atoms with Crippen molar-refractivity contribution in [1.29, 1.82) is 0 Å². The Kier molecular flexibility index (Phi) is 23.1. The van der Waals surface area contributed by atoms with Crippen LogP contribution < -0.4 is 24.4 Å². The van der Waals surface area contributed by atoms with Gasteiger partial charge >= 0.3 is 47.8 Å². The molecule has 0 fully saturated rings. The van der Waals surface area contributed by atoms with Crippen molar-refractivity contribution in [3.05, 3.63) is 158 Å². The van der Waals surface area contributed by atoms with Crippen molar-refractivity contribution in [2.24, 2.45) is 11.0 Å². The molecule has 0 aliphatic rings. The van der Waals surface area contributed by atoms with Gasteiger partial charge in [0.2, 0.25) is 5.13 Å². The molecule has 4 aromatic carbocycles. The first-order valence-corrected chi connectivity index (χ1v) is 23.8. The molecule has 2 unspecified atom stereocenters. The summed E-state index contributed by atoms with van der Waals surface area (Å²) in [6, 6.07) is 23.6. The van der Waals surface area contributed by atoms with Crippen LogP contribution >= 0.6 is 11.3 Å². The van der Waals surface area contributed by atoms with E-state index in [9.17, 15) is 38.4 Å². The fourth-order valence-electron chi connectivity index (χ4n) is 6.03. The number of esters is 8. The maximum atomic E-state index is 13.5. The van der Waals surface area contributed by atoms with Crippen LogP contribution in [0.4, 0.5) is 5.13 Å². The number of carbonyl (C=O) groups excluding carboxylic acids is 8. The number of benzene rings is 4. The fraction of sp³-hybridized carbons (Fsp3) is 0.222. The van der Waals surface area contributed by atoms with Crippen molar-refractivity contribution in [2.75, 3.05) is 51.7 Å². The van der Waals surface area contributed by atoms with E-state index in [0.29, 0.717) is 10.9 Å². The molecular weight excluding hydrogens is 1010 g/mol. The maximum Gasteiger partial charge on any atom is 0.343 e. The number of hydrazone groups is 1. The zero-order chi connectivity index (χ0) is 54.7. The summed E-state index contributed by atoms with van der Waals surface area (Å²) in [7, 11) is 0. The van der Waals surface area contributed by atoms with Gasteiger partial charge in [0.15, 0.2) is 6.10 Å². The molecule has 2 atom stereocenters. The third-order valence-corrected chi connectivity index (χ3v) is 10.8. The Morgan fingerprint density at radius 1 is 0.579 bits per heavy atom. The molecular formula is C54H51N3O18S. The van der Waals surface area contributed by atoms with E-state index in [2.05, 4.69) is 41.8 Å². The third kappa shape index (κ3) is 19.9. The lowest BCUT2D eigenvalue weighted by molar-refractivity contribution is -0.160. The molecule has 5 aromatic rings. The zero-order valence-electron chi connectivity index (χ0n) is 40.8. The topological polar surface area (TPSA) is 266 Å². The Morgan fingerprint density at radius 2 is 1.13 bits per heavy atom. The van der Waals surface area contributed by atoms with E-state index in [-0.39, 0.29) is 99.4 Å². The predicted molar refractivity (Wildman–Crippen MR) is 274 cm³/mol. The first-order valence-electron chi connectivity index (χ1n) is 23.0. The average Bonchev–Trinajstić information content (AvgIpc) is 3.85. The van der Waals surface area contributed by atoms with Gasteiger partial charge in [-0.2, -0.15) is 5.10 Å². The van der Waals surface area contributed by atoms with Gasteiger partial charge in [0, 0.05) is 35.8 Å². The van der Waals surface area contributed by atoms with E-state index in [4.69, 9.17) is 47.4 Å². The van der Waals surface area contributed by atoms with Crippen molar-refractivity contribution in [1.82, 2.24) is 4.98 Å². The second-order valence-electron chi connectivity index (χ2n) is 15.4. The summed E-state index contributed by atoms with van der Waals surface area (Å²) in [5.41, 5.74) is 4.13. The van der Waals surface area contributed by atoms with Gasteiger partial charge in [-0.3, -0.25) is 15.0 Å². The van der Waals surface area contributed by atoms with Crippen molar-refractivity contribution >= 4 is 80.7 Å². The van der Waals surface area contributed by atoms with Gasteiger partial charge in [-0.25, -0.2) is 33.8 Å². The summed E-state index contributed by atoms with van der Waals surface area (Å²) in [4.78, 5) is 102. The number of hydrogen-bond donors (Lipinski definition) is 1. The molecule has 0 spiro atoms. The molecule has 76 heavy (non-hydrogen) atoms. The van der Waals surface area contributed by atoms with Gasteiger partial charge in [-0.1, -0.05) is 49.8 Å². The number of carbonyl (C=O) groups is 8. The maximum absolute atomic E-state index is 13.5. The molecule has 1 aromatic heterocycles. The number of fused-ring (bicyclic) bond motifs is 1. The van der Waals surface area contributed by atoms with Crippen LogP contribution in [0.15, 0.2) is 147 Å². The van der Waals surface area contributed by atoms with Crippen LogP contribution in [0, 0.1) is 5.92 Å². The number of nitrogens with zero attached hydrogens (tertiary/aromatic N) is 2. The number of anilines is 1. The molecule has 0 aliphatic carbocycles. The summed E-state index contributed by atoms with van der Waals surface area (Å²) >= 11 is 1.36. The van der Waals surface area contributed by atoms with Crippen LogP contribution in [0.2, 0.25) is 0 Å². The minimum absolute atomic E-state index is 0.0344. The normalized spacial score (nSPS) is 11.4. The smallest absolute Gasteiger partial charge is 0.343 e. The first-order chi connectivity index (χ1) is 36.7. The highest BCUT2D eigenvalue weighted by atomic mass is 32.1. The monoisotopic (exact) mass is 1060 g/mol. The van der Waals surface area contributed by atoms with Crippen LogP contribution in [0.1, 0.15) is 45.5 Å². The Labute approximate surface area is 439 Å². The quantitative estimate of drug-likeness (QED) is 0.0116. The van der Waals surface area contributed by atoms with Crippen LogP contribution in [0.3, 0.4) is 0 Å². The van der Waals surface area contributed by atoms with Crippen LogP contribution in [-0.2, 0) is 57.2 Å². The molecule has 0 radical (unpaired) electrons. The van der Waals surface area contributed by atoms with Crippen molar-refractivity contribution < 1.29 is 85.7 Å². The molecule has 1 N–H and O–H groups in total. The van der Waals surface area contributed by atoms with Gasteiger partial charge in [0.05, 0.1) is 60.2 Å². The minimum Gasteiger partial charge on any atom is -0.493 e. The number of thiazole rings is 1. The van der Waals surface area contributed by atoms with Gasteiger partial charge in [-0.05, 0) is 85.3 Å². The molecule has 0 aliphatic heterocycles. The van der Waals surface area contributed by atoms with Crippen LogP contribution in [0.25, 0.3) is 10.2 Å². The van der Waals surface area contributed by atoms with E-state index in [1.807, 2.05) is 24.3 Å². The van der Waals surface area contributed by atoms with Crippen molar-refractivity contribution in [3.63, 3.8) is 0 Å². The first kappa shape index (κ1) is 57.5. The summed E-state index contributed by atoms with van der Waals surface area (Å²) in [5, 5.41) is 4.79. The molecule has 22 heteroatoms. The van der Waals surface area contributed by atoms with E-state index in [0.717, 1.165) is 34.5 Å². The molecule has 1 heterocycles. The minimum atomic E-state index is -1.06. The summed E-state index contributed by atoms with van der Waals surface area (Å²) < 4.78 is 54.5. The lowest BCUT2D eigenvalue weighted by Crippen LogP contribution is -2.31. The van der Waals surface area contributed by atoms with E-state index in [1.165, 1.54) is 84.3 Å². The lowest BCUT2D eigenvalue weighted by Gasteiger charge is -2.18. The van der Waals surface area contributed by atoms with E-state index >= 15 is 0 Å². The Bertz CT molecular complexity index is 2880.